The number of amides is 2. The maximum absolute atomic E-state index is 11.7. The maximum Gasteiger partial charge on any atom is 0.272 e. The molecule has 7 heteroatoms. The fourth-order valence-corrected chi connectivity index (χ4v) is 1.42. The zero-order chi connectivity index (χ0) is 12.3. The van der Waals surface area contributed by atoms with E-state index in [0.717, 1.165) is 5.52 Å². The number of hydroxylamine groups is 1. The van der Waals surface area contributed by atoms with Crippen LogP contribution in [0.4, 0.5) is 0 Å². The van der Waals surface area contributed by atoms with Crippen molar-refractivity contribution < 1.29 is 14.8 Å². The van der Waals surface area contributed by atoms with Gasteiger partial charge in [0.2, 0.25) is 0 Å². The highest BCUT2D eigenvalue weighted by molar-refractivity contribution is 6.05. The molecule has 0 bridgehead atoms. The lowest BCUT2D eigenvalue weighted by molar-refractivity contribution is -0.128. The minimum atomic E-state index is -0.696. The van der Waals surface area contributed by atoms with E-state index in [-0.39, 0.29) is 12.2 Å². The number of para-hydroxylation sites is 1. The molecule has 0 unspecified atom stereocenters. The summed E-state index contributed by atoms with van der Waals surface area (Å²) in [5, 5.41) is 17.9. The van der Waals surface area contributed by atoms with E-state index >= 15 is 0 Å². The predicted octanol–water partition coefficient (Wildman–Crippen LogP) is -0.202. The van der Waals surface area contributed by atoms with Crippen molar-refractivity contribution in [3.05, 3.63) is 30.0 Å². The topological polar surface area (TPSA) is 107 Å². The van der Waals surface area contributed by atoms with Crippen molar-refractivity contribution in [2.24, 2.45) is 0 Å². The van der Waals surface area contributed by atoms with Gasteiger partial charge in [0.15, 0.2) is 5.69 Å². The Morgan fingerprint density at radius 1 is 1.35 bits per heavy atom. The molecule has 0 radical (unpaired) electrons. The summed E-state index contributed by atoms with van der Waals surface area (Å²) in [5.74, 6) is -1.18. The molecule has 1 aromatic carbocycles. The fraction of sp³-hybridized carbons (Fsp3) is 0.100. The summed E-state index contributed by atoms with van der Waals surface area (Å²) >= 11 is 0. The number of nitrogens with zero attached hydrogens (tertiary/aromatic N) is 1. The number of H-pyrrole nitrogens is 1. The van der Waals surface area contributed by atoms with E-state index in [2.05, 4.69) is 15.5 Å². The van der Waals surface area contributed by atoms with Crippen LogP contribution >= 0.6 is 0 Å². The van der Waals surface area contributed by atoms with Crippen LogP contribution in [0.2, 0.25) is 0 Å². The first kappa shape index (κ1) is 11.1. The monoisotopic (exact) mass is 234 g/mol. The number of aromatic amines is 1. The highest BCUT2D eigenvalue weighted by atomic mass is 16.5. The third-order valence-electron chi connectivity index (χ3n) is 2.22. The molecule has 4 N–H and O–H groups in total. The molecule has 17 heavy (non-hydrogen) atoms. The minimum Gasteiger partial charge on any atom is -0.341 e. The Bertz CT molecular complexity index is 563. The molecule has 88 valence electrons. The normalized spacial score (nSPS) is 10.2. The van der Waals surface area contributed by atoms with Crippen molar-refractivity contribution in [3.8, 4) is 0 Å². The molecule has 0 spiro atoms. The Balaban J connectivity index is 2.17. The summed E-state index contributed by atoms with van der Waals surface area (Å²) in [6, 6.07) is 7.15. The molecule has 0 atom stereocenters. The molecule has 0 saturated carbocycles. The van der Waals surface area contributed by atoms with Crippen molar-refractivity contribution in [1.82, 2.24) is 21.0 Å². The zero-order valence-electron chi connectivity index (χ0n) is 8.73. The number of rotatable bonds is 3. The molecular weight excluding hydrogens is 224 g/mol. The highest BCUT2D eigenvalue weighted by Crippen LogP contribution is 2.14. The number of nitrogens with one attached hydrogen (secondary N) is 3. The number of hydrogen-bond donors (Lipinski definition) is 4. The van der Waals surface area contributed by atoms with Gasteiger partial charge >= 0.3 is 0 Å². The third-order valence-corrected chi connectivity index (χ3v) is 2.22. The van der Waals surface area contributed by atoms with Crippen molar-refractivity contribution in [1.29, 1.82) is 0 Å². The molecule has 0 saturated heterocycles. The number of aromatic nitrogens is 2. The molecule has 0 aliphatic heterocycles. The second-order valence-electron chi connectivity index (χ2n) is 3.34. The first-order chi connectivity index (χ1) is 8.22. The molecular formula is C10H10N4O3. The van der Waals surface area contributed by atoms with Crippen LogP contribution in [0.1, 0.15) is 10.5 Å². The van der Waals surface area contributed by atoms with Gasteiger partial charge in [0.25, 0.3) is 11.8 Å². The van der Waals surface area contributed by atoms with Crippen LogP contribution in [-0.2, 0) is 4.79 Å². The van der Waals surface area contributed by atoms with Crippen LogP contribution in [0.5, 0.6) is 0 Å². The molecule has 2 rings (SSSR count). The lowest BCUT2D eigenvalue weighted by atomic mass is 10.2. The quantitative estimate of drug-likeness (QED) is 0.435. The number of carbonyl (C=O) groups excluding carboxylic acids is 2. The molecule has 2 aromatic rings. The third kappa shape index (κ3) is 2.23. The highest BCUT2D eigenvalue weighted by Gasteiger charge is 2.14. The van der Waals surface area contributed by atoms with Gasteiger partial charge in [0.05, 0.1) is 12.1 Å². The summed E-state index contributed by atoms with van der Waals surface area (Å²) in [6.45, 7) is -0.309. The van der Waals surface area contributed by atoms with E-state index < -0.39 is 11.8 Å². The van der Waals surface area contributed by atoms with Gasteiger partial charge in [-0.1, -0.05) is 18.2 Å². The van der Waals surface area contributed by atoms with E-state index in [1.807, 2.05) is 6.07 Å². The summed E-state index contributed by atoms with van der Waals surface area (Å²) in [5.41, 5.74) is 2.38. The van der Waals surface area contributed by atoms with Crippen LogP contribution in [0.15, 0.2) is 24.3 Å². The van der Waals surface area contributed by atoms with Crippen LogP contribution in [-0.4, -0.2) is 33.8 Å². The Hall–Kier alpha value is -2.41. The van der Waals surface area contributed by atoms with E-state index in [9.17, 15) is 9.59 Å². The predicted molar refractivity (Wildman–Crippen MR) is 58.4 cm³/mol. The van der Waals surface area contributed by atoms with Crippen molar-refractivity contribution >= 4 is 22.7 Å². The molecule has 7 nitrogen and oxygen atoms in total. The molecule has 1 heterocycles. The number of benzene rings is 1. The van der Waals surface area contributed by atoms with Gasteiger partial charge in [-0.05, 0) is 6.07 Å². The Kier molecular flexibility index (Phi) is 3.01. The molecule has 1 aromatic heterocycles. The number of fused-ring (bicyclic) bond motifs is 1. The minimum absolute atomic E-state index is 0.214. The maximum atomic E-state index is 11.7. The summed E-state index contributed by atoms with van der Waals surface area (Å²) in [7, 11) is 0. The Morgan fingerprint density at radius 2 is 2.12 bits per heavy atom. The van der Waals surface area contributed by atoms with Crippen molar-refractivity contribution in [2.75, 3.05) is 6.54 Å². The second kappa shape index (κ2) is 4.62. The van der Waals surface area contributed by atoms with Crippen LogP contribution in [0.3, 0.4) is 0 Å². The molecule has 0 aliphatic carbocycles. The zero-order valence-corrected chi connectivity index (χ0v) is 8.73. The van der Waals surface area contributed by atoms with Crippen molar-refractivity contribution in [2.45, 2.75) is 0 Å². The van der Waals surface area contributed by atoms with Gasteiger partial charge in [0, 0.05) is 5.39 Å². The van der Waals surface area contributed by atoms with E-state index in [1.54, 1.807) is 18.2 Å². The SMILES string of the molecule is O=C(CNC(=O)c1n[nH]c2ccccc12)NO. The Labute approximate surface area is 95.8 Å². The summed E-state index contributed by atoms with van der Waals surface area (Å²) < 4.78 is 0. The van der Waals surface area contributed by atoms with Gasteiger partial charge in [-0.25, -0.2) is 5.48 Å². The van der Waals surface area contributed by atoms with Gasteiger partial charge in [-0.3, -0.25) is 19.9 Å². The Morgan fingerprint density at radius 3 is 2.88 bits per heavy atom. The van der Waals surface area contributed by atoms with E-state index in [4.69, 9.17) is 5.21 Å². The van der Waals surface area contributed by atoms with Crippen LogP contribution in [0.25, 0.3) is 10.9 Å². The second-order valence-corrected chi connectivity index (χ2v) is 3.34. The van der Waals surface area contributed by atoms with E-state index in [1.165, 1.54) is 5.48 Å². The smallest absolute Gasteiger partial charge is 0.272 e. The number of hydrogen-bond acceptors (Lipinski definition) is 4. The van der Waals surface area contributed by atoms with Crippen LogP contribution in [0, 0.1) is 0 Å². The largest absolute Gasteiger partial charge is 0.341 e. The molecule has 0 fully saturated rings. The van der Waals surface area contributed by atoms with Gasteiger partial charge in [0.1, 0.15) is 0 Å². The lowest BCUT2D eigenvalue weighted by Crippen LogP contribution is -2.35. The van der Waals surface area contributed by atoms with Gasteiger partial charge < -0.3 is 5.32 Å². The first-order valence-corrected chi connectivity index (χ1v) is 4.86. The summed E-state index contributed by atoms with van der Waals surface area (Å²) in [6.07, 6.45) is 0. The van der Waals surface area contributed by atoms with E-state index in [0.29, 0.717) is 5.39 Å². The average molecular weight is 234 g/mol. The molecule has 2 amide bonds. The first-order valence-electron chi connectivity index (χ1n) is 4.86. The fourth-order valence-electron chi connectivity index (χ4n) is 1.42. The van der Waals surface area contributed by atoms with Crippen LogP contribution < -0.4 is 10.8 Å². The molecule has 0 aliphatic rings. The average Bonchev–Trinajstić information content (AvgIpc) is 2.79. The lowest BCUT2D eigenvalue weighted by Gasteiger charge is -2.01. The summed E-state index contributed by atoms with van der Waals surface area (Å²) in [4.78, 5) is 22.4. The van der Waals surface area contributed by atoms with Gasteiger partial charge in [-0.2, -0.15) is 5.10 Å². The standard InChI is InChI=1S/C10H10N4O3/c15-8(14-17)5-11-10(16)9-6-3-1-2-4-7(6)12-13-9/h1-4,17H,5H2,(H,11,16)(H,12,13)(H,14,15). The van der Waals surface area contributed by atoms with Crippen molar-refractivity contribution in [3.63, 3.8) is 0 Å². The number of carbonyl (C=O) groups is 2. The van der Waals surface area contributed by atoms with Gasteiger partial charge in [-0.15, -0.1) is 0 Å².